The summed E-state index contributed by atoms with van der Waals surface area (Å²) in [6.45, 7) is 2.97. The molecule has 0 unspecified atom stereocenters. The van der Waals surface area contributed by atoms with Gasteiger partial charge in [-0.3, -0.25) is 19.5 Å². The minimum absolute atomic E-state index is 0.0642. The van der Waals surface area contributed by atoms with E-state index in [0.717, 1.165) is 11.1 Å². The Hall–Kier alpha value is -3.31. The van der Waals surface area contributed by atoms with Gasteiger partial charge in [0.15, 0.2) is 5.78 Å². The third-order valence-corrected chi connectivity index (χ3v) is 5.55. The summed E-state index contributed by atoms with van der Waals surface area (Å²) in [7, 11) is 0. The van der Waals surface area contributed by atoms with Crippen molar-refractivity contribution in [3.63, 3.8) is 0 Å². The van der Waals surface area contributed by atoms with Gasteiger partial charge < -0.3 is 4.90 Å². The molecule has 1 amide bonds. The fraction of sp³-hybridized carbons (Fsp3) is 0.240. The highest BCUT2D eigenvalue weighted by molar-refractivity contribution is 5.97. The van der Waals surface area contributed by atoms with E-state index in [9.17, 15) is 9.59 Å². The molecule has 0 aliphatic carbocycles. The Kier molecular flexibility index (Phi) is 6.30. The summed E-state index contributed by atoms with van der Waals surface area (Å²) < 4.78 is 0. The van der Waals surface area contributed by atoms with Crippen molar-refractivity contribution in [2.45, 2.75) is 5.92 Å². The summed E-state index contributed by atoms with van der Waals surface area (Å²) in [6, 6.07) is 23.4. The second kappa shape index (κ2) is 9.46. The van der Waals surface area contributed by atoms with E-state index < -0.39 is 0 Å². The van der Waals surface area contributed by atoms with Gasteiger partial charge in [-0.1, -0.05) is 60.7 Å². The maximum Gasteiger partial charge on any atom is 0.234 e. The third-order valence-electron chi connectivity index (χ3n) is 5.55. The lowest BCUT2D eigenvalue weighted by molar-refractivity contribution is -0.133. The molecule has 152 valence electrons. The molecular weight excluding hydrogens is 374 g/mol. The molecule has 1 fully saturated rings. The molecule has 30 heavy (non-hydrogen) atoms. The Balaban J connectivity index is 1.43. The highest BCUT2D eigenvalue weighted by Gasteiger charge is 2.30. The first-order chi connectivity index (χ1) is 14.7. The monoisotopic (exact) mass is 399 g/mol. The molecule has 0 radical (unpaired) electrons. The Morgan fingerprint density at radius 2 is 1.40 bits per heavy atom. The number of aromatic nitrogens is 1. The van der Waals surface area contributed by atoms with Crippen molar-refractivity contribution in [1.82, 2.24) is 14.8 Å². The van der Waals surface area contributed by atoms with Gasteiger partial charge in [0, 0.05) is 44.1 Å². The number of nitrogens with zero attached hydrogens (tertiary/aromatic N) is 3. The quantitative estimate of drug-likeness (QED) is 0.597. The predicted molar refractivity (Wildman–Crippen MR) is 116 cm³/mol. The number of carbonyl (C=O) groups is 2. The van der Waals surface area contributed by atoms with Crippen molar-refractivity contribution >= 4 is 11.7 Å². The van der Waals surface area contributed by atoms with E-state index >= 15 is 0 Å². The summed E-state index contributed by atoms with van der Waals surface area (Å²) in [6.07, 6.45) is 3.27. The summed E-state index contributed by atoms with van der Waals surface area (Å²) in [5.74, 6) is -0.129. The van der Waals surface area contributed by atoms with Crippen LogP contribution < -0.4 is 0 Å². The molecule has 0 saturated carbocycles. The van der Waals surface area contributed by atoms with Crippen LogP contribution in [0.4, 0.5) is 0 Å². The number of benzene rings is 2. The number of Topliss-reactive ketones (excluding diaryl/α,β-unsaturated/α-hetero) is 1. The molecule has 1 aliphatic rings. The third kappa shape index (κ3) is 4.63. The van der Waals surface area contributed by atoms with Gasteiger partial charge >= 0.3 is 0 Å². The number of hydrogen-bond donors (Lipinski definition) is 0. The van der Waals surface area contributed by atoms with Gasteiger partial charge in [-0.2, -0.15) is 0 Å². The normalized spacial score (nSPS) is 14.6. The number of pyridine rings is 1. The molecule has 1 saturated heterocycles. The molecule has 3 aromatic rings. The fourth-order valence-electron chi connectivity index (χ4n) is 3.90. The van der Waals surface area contributed by atoms with Crippen LogP contribution >= 0.6 is 0 Å². The fourth-order valence-corrected chi connectivity index (χ4v) is 3.90. The van der Waals surface area contributed by atoms with Crippen LogP contribution in [0.2, 0.25) is 0 Å². The van der Waals surface area contributed by atoms with Crippen LogP contribution in [0.15, 0.2) is 85.2 Å². The molecule has 0 N–H and O–H groups in total. The summed E-state index contributed by atoms with van der Waals surface area (Å²) in [4.78, 5) is 34.0. The van der Waals surface area contributed by atoms with Crippen LogP contribution in [-0.2, 0) is 4.79 Å². The topological polar surface area (TPSA) is 53.5 Å². The van der Waals surface area contributed by atoms with E-state index in [-0.39, 0.29) is 17.6 Å². The number of amides is 1. The van der Waals surface area contributed by atoms with Crippen molar-refractivity contribution in [3.8, 4) is 0 Å². The van der Waals surface area contributed by atoms with Crippen molar-refractivity contribution < 1.29 is 9.59 Å². The lowest BCUT2D eigenvalue weighted by atomic mass is 9.90. The minimum Gasteiger partial charge on any atom is -0.339 e. The number of hydrogen-bond acceptors (Lipinski definition) is 4. The van der Waals surface area contributed by atoms with Gasteiger partial charge in [-0.25, -0.2) is 0 Å². The average molecular weight is 399 g/mol. The van der Waals surface area contributed by atoms with Crippen molar-refractivity contribution in [3.05, 3.63) is 102 Å². The van der Waals surface area contributed by atoms with Gasteiger partial charge in [0.25, 0.3) is 0 Å². The van der Waals surface area contributed by atoms with Crippen LogP contribution in [0.3, 0.4) is 0 Å². The molecule has 1 aromatic heterocycles. The largest absolute Gasteiger partial charge is 0.339 e. The van der Waals surface area contributed by atoms with Gasteiger partial charge in [0.1, 0.15) is 0 Å². The molecule has 0 atom stereocenters. The lowest BCUT2D eigenvalue weighted by Gasteiger charge is -2.36. The Morgan fingerprint density at radius 1 is 0.800 bits per heavy atom. The van der Waals surface area contributed by atoms with Gasteiger partial charge in [0.05, 0.1) is 12.5 Å². The molecule has 4 rings (SSSR count). The maximum atomic E-state index is 13.5. The first-order valence-electron chi connectivity index (χ1n) is 10.3. The predicted octanol–water partition coefficient (Wildman–Crippen LogP) is 3.24. The van der Waals surface area contributed by atoms with Gasteiger partial charge in [-0.15, -0.1) is 0 Å². The summed E-state index contributed by atoms with van der Waals surface area (Å²) in [5, 5.41) is 0. The van der Waals surface area contributed by atoms with Crippen molar-refractivity contribution in [2.75, 3.05) is 32.7 Å². The van der Waals surface area contributed by atoms with E-state index in [2.05, 4.69) is 9.88 Å². The molecule has 0 bridgehead atoms. The number of rotatable bonds is 6. The van der Waals surface area contributed by atoms with Crippen LogP contribution in [0.5, 0.6) is 0 Å². The zero-order valence-corrected chi connectivity index (χ0v) is 16.9. The molecule has 1 aliphatic heterocycles. The molecule has 5 heteroatoms. The molecule has 2 aromatic carbocycles. The second-order valence-corrected chi connectivity index (χ2v) is 7.52. The maximum absolute atomic E-state index is 13.5. The highest BCUT2D eigenvalue weighted by Crippen LogP contribution is 2.27. The Bertz CT molecular complexity index is 930. The standard InChI is InChI=1S/C25H25N3O2/c29-23(22-12-7-13-26-18-22)19-27-14-16-28(17-15-27)25(30)24(20-8-3-1-4-9-20)21-10-5-2-6-11-21/h1-13,18,24H,14-17,19H2. The SMILES string of the molecule is O=C(CN1CCN(C(=O)C(c2ccccc2)c2ccccc2)CC1)c1cccnc1. The zero-order valence-electron chi connectivity index (χ0n) is 16.9. The molecule has 2 heterocycles. The highest BCUT2D eigenvalue weighted by atomic mass is 16.2. The number of carbonyl (C=O) groups excluding carboxylic acids is 2. The zero-order chi connectivity index (χ0) is 20.8. The van der Waals surface area contributed by atoms with E-state index in [1.807, 2.05) is 65.6 Å². The Labute approximate surface area is 177 Å². The van der Waals surface area contributed by atoms with Crippen LogP contribution in [0.1, 0.15) is 27.4 Å². The lowest BCUT2D eigenvalue weighted by Crippen LogP contribution is -2.51. The van der Waals surface area contributed by atoms with Crippen LogP contribution in [0, 0.1) is 0 Å². The van der Waals surface area contributed by atoms with E-state index in [1.165, 1.54) is 0 Å². The average Bonchev–Trinajstić information content (AvgIpc) is 2.81. The summed E-state index contributed by atoms with van der Waals surface area (Å²) in [5.41, 5.74) is 2.63. The van der Waals surface area contributed by atoms with E-state index in [1.54, 1.807) is 24.5 Å². The van der Waals surface area contributed by atoms with E-state index in [4.69, 9.17) is 0 Å². The van der Waals surface area contributed by atoms with Gasteiger partial charge in [0.2, 0.25) is 5.91 Å². The summed E-state index contributed by atoms with van der Waals surface area (Å²) >= 11 is 0. The first kappa shape index (κ1) is 20.0. The number of piperazine rings is 1. The van der Waals surface area contributed by atoms with Crippen LogP contribution in [0.25, 0.3) is 0 Å². The molecular formula is C25H25N3O2. The smallest absolute Gasteiger partial charge is 0.234 e. The van der Waals surface area contributed by atoms with Crippen molar-refractivity contribution in [1.29, 1.82) is 0 Å². The van der Waals surface area contributed by atoms with E-state index in [0.29, 0.717) is 38.3 Å². The molecule has 5 nitrogen and oxygen atoms in total. The first-order valence-corrected chi connectivity index (χ1v) is 10.3. The molecule has 0 spiro atoms. The van der Waals surface area contributed by atoms with Crippen LogP contribution in [-0.4, -0.2) is 59.2 Å². The van der Waals surface area contributed by atoms with Crippen molar-refractivity contribution in [2.24, 2.45) is 0 Å². The van der Waals surface area contributed by atoms with Gasteiger partial charge in [-0.05, 0) is 23.3 Å². The minimum atomic E-state index is -0.309. The number of ketones is 1. The Morgan fingerprint density at radius 3 is 1.93 bits per heavy atom. The second-order valence-electron chi connectivity index (χ2n) is 7.52.